The Morgan fingerprint density at radius 3 is 1.02 bits per heavy atom. The number of rotatable bonds is 10. The molecule has 0 bridgehead atoms. The van der Waals surface area contributed by atoms with Crippen LogP contribution in [-0.2, 0) is 0 Å². The highest BCUT2D eigenvalue weighted by atomic mass is 28.4. The Morgan fingerprint density at radius 1 is 0.426 bits per heavy atom. The van der Waals surface area contributed by atoms with Crippen molar-refractivity contribution in [3.63, 3.8) is 0 Å². The Labute approximate surface area is 297 Å². The molecule has 0 saturated heterocycles. The summed E-state index contributed by atoms with van der Waals surface area (Å²) in [5.41, 5.74) is 9.43. The molecule has 0 spiro atoms. The average Bonchev–Trinajstić information content (AvgIpc) is 2.80. The summed E-state index contributed by atoms with van der Waals surface area (Å²) in [7, 11) is -11.7. The SMILES string of the molecule is C[Si](C)(C)C(c1cc(C([Si](C)(C)C)[Si](C)(C)C)c([Si]23c4ccccc4C2c2ccccc23)c(C([Si](C)(C)C)[Si](C)(C)C)c1)[Si](C)(C)C. The molecular weight excluding hydrogens is 677 g/mol. The van der Waals surface area contributed by atoms with Gasteiger partial charge in [-0.25, -0.2) is 0 Å². The summed E-state index contributed by atoms with van der Waals surface area (Å²) < 4.78 is 0. The van der Waals surface area contributed by atoms with Gasteiger partial charge in [-0.2, -0.15) is 0 Å². The maximum Gasteiger partial charge on any atom is 0.161 e. The van der Waals surface area contributed by atoms with Crippen molar-refractivity contribution in [2.45, 2.75) is 139 Å². The molecular formula is C40H68Si7. The first kappa shape index (κ1) is 37.4. The summed E-state index contributed by atoms with van der Waals surface area (Å²) in [5.74, 6) is 0. The smallest absolute Gasteiger partial charge is 0.0693 e. The van der Waals surface area contributed by atoms with E-state index < -0.39 is 56.5 Å². The van der Waals surface area contributed by atoms with E-state index in [0.29, 0.717) is 5.54 Å². The minimum atomic E-state index is -2.20. The van der Waals surface area contributed by atoms with Crippen molar-refractivity contribution in [3.05, 3.63) is 88.5 Å². The average molecular weight is 746 g/mol. The molecule has 0 N–H and O–H groups in total. The molecule has 2 heterocycles. The van der Waals surface area contributed by atoms with Crippen LogP contribution in [-0.4, -0.2) is 56.5 Å². The summed E-state index contributed by atoms with van der Waals surface area (Å²) >= 11 is 0. The van der Waals surface area contributed by atoms with Crippen LogP contribution in [0, 0.1) is 0 Å². The van der Waals surface area contributed by atoms with Crippen LogP contribution in [0.4, 0.5) is 0 Å². The van der Waals surface area contributed by atoms with Gasteiger partial charge in [0.05, 0.1) is 0 Å². The van der Waals surface area contributed by atoms with Gasteiger partial charge in [0.15, 0.2) is 8.07 Å². The third-order valence-corrected chi connectivity index (χ3v) is 44.9. The molecule has 0 fully saturated rings. The molecule has 3 aromatic rings. The minimum absolute atomic E-state index is 0.621. The first-order valence-corrected chi connectivity index (χ1v) is 42.1. The molecule has 0 saturated carbocycles. The summed E-state index contributed by atoms with van der Waals surface area (Å²) in [6.45, 7) is 48.7. The quantitative estimate of drug-likeness (QED) is 0.181. The normalized spacial score (nSPS) is 20.1. The fourth-order valence-electron chi connectivity index (χ4n) is 12.1. The van der Waals surface area contributed by atoms with Crippen LogP contribution in [0.1, 0.15) is 48.9 Å². The molecule has 0 radical (unpaired) electrons. The van der Waals surface area contributed by atoms with Gasteiger partial charge in [0.1, 0.15) is 0 Å². The van der Waals surface area contributed by atoms with Gasteiger partial charge < -0.3 is 0 Å². The monoisotopic (exact) mass is 744 g/mol. The van der Waals surface area contributed by atoms with E-state index in [1.54, 1.807) is 27.1 Å². The van der Waals surface area contributed by atoms with Crippen molar-refractivity contribution in [1.29, 1.82) is 0 Å². The van der Waals surface area contributed by atoms with E-state index in [1.807, 2.05) is 16.3 Å². The van der Waals surface area contributed by atoms with Crippen LogP contribution in [0.15, 0.2) is 60.7 Å². The topological polar surface area (TPSA) is 0 Å². The van der Waals surface area contributed by atoms with E-state index in [9.17, 15) is 0 Å². The zero-order valence-corrected chi connectivity index (χ0v) is 40.6. The molecule has 47 heavy (non-hydrogen) atoms. The molecule has 256 valence electrons. The van der Waals surface area contributed by atoms with Gasteiger partial charge in [0.25, 0.3) is 0 Å². The first-order valence-electron chi connectivity index (χ1n) is 18.5. The van der Waals surface area contributed by atoms with Crippen molar-refractivity contribution in [3.8, 4) is 0 Å². The predicted molar refractivity (Wildman–Crippen MR) is 234 cm³/mol. The maximum absolute atomic E-state index is 2.95. The van der Waals surface area contributed by atoms with E-state index in [2.05, 4.69) is 179 Å². The van der Waals surface area contributed by atoms with Gasteiger partial charge in [0.2, 0.25) is 0 Å². The standard InChI is InChI=1S/C40H68Si7/c1-41(2,3)38(42(4,5)6)29-27-32(39(43(7,8)9)44(10,11)12)37(33(28-29)40(45(13,14)15)46(16,17)18)47-34-25-21-19-23-30(34)36(47)31-24-20-22-26-35(31)47/h19-28,36,38-40H,1-18H3. The van der Waals surface area contributed by atoms with Gasteiger partial charge in [-0.05, 0) is 58.9 Å². The molecule has 0 aromatic heterocycles. The Balaban J connectivity index is 2.08. The fourth-order valence-corrected chi connectivity index (χ4v) is 57.0. The lowest BCUT2D eigenvalue weighted by Gasteiger charge is -2.62. The van der Waals surface area contributed by atoms with Crippen LogP contribution < -0.4 is 15.6 Å². The largest absolute Gasteiger partial charge is 0.161 e. The minimum Gasteiger partial charge on any atom is -0.0693 e. The lowest BCUT2D eigenvalue weighted by molar-refractivity contribution is 1.01. The highest BCUT2D eigenvalue weighted by Crippen LogP contribution is 2.53. The Bertz CT molecular complexity index is 1520. The van der Waals surface area contributed by atoms with Crippen LogP contribution >= 0.6 is 0 Å². The fraction of sp³-hybridized carbons (Fsp3) is 0.550. The molecule has 0 atom stereocenters. The maximum atomic E-state index is 2.95. The van der Waals surface area contributed by atoms with Crippen molar-refractivity contribution >= 4 is 72.1 Å². The first-order chi connectivity index (χ1) is 21.2. The molecule has 7 heteroatoms. The summed E-state index contributed by atoms with van der Waals surface area (Å²) in [5, 5.41) is 7.67. The molecule has 0 amide bonds. The highest BCUT2D eigenvalue weighted by Gasteiger charge is 2.67. The van der Waals surface area contributed by atoms with Gasteiger partial charge in [-0.15, -0.1) is 0 Å². The Hall–Kier alpha value is -0.822. The second kappa shape index (κ2) is 11.6. The van der Waals surface area contributed by atoms with Crippen LogP contribution in [0.2, 0.25) is 118 Å². The summed E-state index contributed by atoms with van der Waals surface area (Å²) in [6.07, 6.45) is 0. The summed E-state index contributed by atoms with van der Waals surface area (Å²) in [4.78, 5) is 0. The van der Waals surface area contributed by atoms with E-state index in [0.717, 1.165) is 15.5 Å². The number of hydrogen-bond acceptors (Lipinski definition) is 0. The zero-order chi connectivity index (χ0) is 35.5. The van der Waals surface area contributed by atoms with Crippen molar-refractivity contribution in [1.82, 2.24) is 0 Å². The van der Waals surface area contributed by atoms with Gasteiger partial charge in [0, 0.05) is 54.0 Å². The lowest BCUT2D eigenvalue weighted by Crippen LogP contribution is -2.86. The molecule has 2 aliphatic rings. The molecule has 0 aliphatic carbocycles. The van der Waals surface area contributed by atoms with E-state index in [1.165, 1.54) is 0 Å². The molecule has 5 rings (SSSR count). The predicted octanol–water partition coefficient (Wildman–Crippen LogP) is 10.7. The van der Waals surface area contributed by atoms with Crippen LogP contribution in [0.3, 0.4) is 0 Å². The van der Waals surface area contributed by atoms with E-state index in [-0.39, 0.29) is 0 Å². The van der Waals surface area contributed by atoms with Gasteiger partial charge >= 0.3 is 0 Å². The second-order valence-corrected chi connectivity index (χ2v) is 59.3. The summed E-state index contributed by atoms with van der Waals surface area (Å²) in [6, 6.07) is 25.4. The highest BCUT2D eigenvalue weighted by molar-refractivity contribution is 7.19. The van der Waals surface area contributed by atoms with Crippen LogP contribution in [0.25, 0.3) is 0 Å². The zero-order valence-electron chi connectivity index (χ0n) is 33.6. The number of fused-ring (bicyclic) bond motifs is 7. The van der Waals surface area contributed by atoms with Crippen molar-refractivity contribution in [2.24, 2.45) is 0 Å². The molecule has 3 aromatic carbocycles. The van der Waals surface area contributed by atoms with Gasteiger partial charge in [-0.1, -0.05) is 179 Å². The second-order valence-electron chi connectivity index (χ2n) is 22.0. The third-order valence-electron chi connectivity index (χ3n) is 11.6. The van der Waals surface area contributed by atoms with Gasteiger partial charge in [-0.3, -0.25) is 0 Å². The van der Waals surface area contributed by atoms with E-state index in [4.69, 9.17) is 0 Å². The van der Waals surface area contributed by atoms with Crippen LogP contribution in [0.5, 0.6) is 0 Å². The van der Waals surface area contributed by atoms with Crippen molar-refractivity contribution in [2.75, 3.05) is 0 Å². The lowest BCUT2D eigenvalue weighted by atomic mass is 10.00. The molecule has 2 aliphatic heterocycles. The van der Waals surface area contributed by atoms with Crippen molar-refractivity contribution < 1.29 is 0 Å². The Morgan fingerprint density at radius 2 is 0.723 bits per heavy atom. The number of hydrogen-bond donors (Lipinski definition) is 0. The molecule has 0 unspecified atom stereocenters. The third kappa shape index (κ3) is 6.13. The van der Waals surface area contributed by atoms with E-state index >= 15 is 0 Å². The number of benzene rings is 3. The molecule has 0 nitrogen and oxygen atoms in total. The Kier molecular flexibility index (Phi) is 9.24.